The second kappa shape index (κ2) is 7.00. The molecular weight excluding hydrogens is 318 g/mol. The highest BCUT2D eigenvalue weighted by Gasteiger charge is 2.20. The molecule has 0 spiro atoms. The number of aliphatic carboxylic acids is 1. The zero-order chi connectivity index (χ0) is 17.8. The summed E-state index contributed by atoms with van der Waals surface area (Å²) in [7, 11) is 0. The van der Waals surface area contributed by atoms with Crippen molar-refractivity contribution in [1.82, 2.24) is 9.55 Å². The number of carbonyl (C=O) groups is 2. The van der Waals surface area contributed by atoms with Gasteiger partial charge in [0.05, 0.1) is 6.42 Å². The summed E-state index contributed by atoms with van der Waals surface area (Å²) >= 11 is 0. The summed E-state index contributed by atoms with van der Waals surface area (Å²) in [5, 5.41) is 8.93. The van der Waals surface area contributed by atoms with E-state index in [1.54, 1.807) is 29.4 Å². The summed E-state index contributed by atoms with van der Waals surface area (Å²) in [6, 6.07) is 12.8. The second-order valence-electron chi connectivity index (χ2n) is 5.68. The Morgan fingerprint density at radius 2 is 1.52 bits per heavy atom. The molecule has 0 radical (unpaired) electrons. The SMILES string of the molecule is NC(=O)C(CC(=O)O)n1ccc(-c2ccc(-c3ccncc3)cc2)c1. The Balaban J connectivity index is 1.84. The first-order valence-electron chi connectivity index (χ1n) is 7.74. The average Bonchev–Trinajstić information content (AvgIpc) is 3.10. The molecule has 2 heterocycles. The average molecular weight is 335 g/mol. The van der Waals surface area contributed by atoms with Crippen LogP contribution in [0.4, 0.5) is 0 Å². The predicted molar refractivity (Wildman–Crippen MR) is 93.6 cm³/mol. The summed E-state index contributed by atoms with van der Waals surface area (Å²) in [4.78, 5) is 26.4. The summed E-state index contributed by atoms with van der Waals surface area (Å²) < 4.78 is 1.54. The standard InChI is InChI=1S/C19H17N3O3/c20-19(25)17(11-18(23)24)22-10-7-16(12-22)14-3-1-13(2-4-14)15-5-8-21-9-6-15/h1-10,12,17H,11H2,(H2,20,25)(H,23,24). The highest BCUT2D eigenvalue weighted by molar-refractivity contribution is 5.83. The molecule has 0 aliphatic heterocycles. The Kier molecular flexibility index (Phi) is 4.61. The number of hydrogen-bond acceptors (Lipinski definition) is 3. The van der Waals surface area contributed by atoms with E-state index in [0.717, 1.165) is 22.3 Å². The van der Waals surface area contributed by atoms with E-state index >= 15 is 0 Å². The minimum Gasteiger partial charge on any atom is -0.481 e. The minimum atomic E-state index is -1.07. The second-order valence-corrected chi connectivity index (χ2v) is 5.68. The number of nitrogens with two attached hydrogens (primary N) is 1. The Morgan fingerprint density at radius 1 is 0.960 bits per heavy atom. The lowest BCUT2D eigenvalue weighted by Crippen LogP contribution is -2.27. The van der Waals surface area contributed by atoms with Crippen LogP contribution in [0.3, 0.4) is 0 Å². The van der Waals surface area contributed by atoms with Crippen molar-refractivity contribution in [3.05, 3.63) is 67.3 Å². The van der Waals surface area contributed by atoms with Gasteiger partial charge in [-0.25, -0.2) is 0 Å². The minimum absolute atomic E-state index is 0.343. The summed E-state index contributed by atoms with van der Waals surface area (Å²) in [6.45, 7) is 0. The van der Waals surface area contributed by atoms with Gasteiger partial charge in [-0.1, -0.05) is 24.3 Å². The van der Waals surface area contributed by atoms with Gasteiger partial charge < -0.3 is 15.4 Å². The molecule has 3 N–H and O–H groups in total. The first-order chi connectivity index (χ1) is 12.0. The number of hydrogen-bond donors (Lipinski definition) is 2. The van der Waals surface area contributed by atoms with Crippen LogP contribution in [-0.4, -0.2) is 26.5 Å². The number of aromatic nitrogens is 2. The number of rotatable bonds is 6. The molecule has 126 valence electrons. The Hall–Kier alpha value is -3.41. The summed E-state index contributed by atoms with van der Waals surface area (Å²) in [5.41, 5.74) is 9.33. The monoisotopic (exact) mass is 335 g/mol. The van der Waals surface area contributed by atoms with Crippen molar-refractivity contribution in [3.63, 3.8) is 0 Å². The highest BCUT2D eigenvalue weighted by atomic mass is 16.4. The molecule has 6 heteroatoms. The lowest BCUT2D eigenvalue weighted by atomic mass is 10.0. The maximum Gasteiger partial charge on any atom is 0.306 e. The largest absolute Gasteiger partial charge is 0.481 e. The predicted octanol–water partition coefficient (Wildman–Crippen LogP) is 2.72. The van der Waals surface area contributed by atoms with Crippen molar-refractivity contribution in [2.24, 2.45) is 5.73 Å². The van der Waals surface area contributed by atoms with E-state index in [0.29, 0.717) is 0 Å². The number of amides is 1. The summed E-state index contributed by atoms with van der Waals surface area (Å²) in [5.74, 6) is -1.74. The molecule has 1 atom stereocenters. The fourth-order valence-corrected chi connectivity index (χ4v) is 2.70. The van der Waals surface area contributed by atoms with Crippen LogP contribution in [0.15, 0.2) is 67.3 Å². The number of benzene rings is 1. The molecule has 3 rings (SSSR count). The van der Waals surface area contributed by atoms with Gasteiger partial charge in [0, 0.05) is 24.8 Å². The first kappa shape index (κ1) is 16.4. The zero-order valence-electron chi connectivity index (χ0n) is 13.4. The number of primary amides is 1. The van der Waals surface area contributed by atoms with Crippen LogP contribution in [0.2, 0.25) is 0 Å². The van der Waals surface area contributed by atoms with Crippen LogP contribution >= 0.6 is 0 Å². The van der Waals surface area contributed by atoms with E-state index in [2.05, 4.69) is 4.98 Å². The van der Waals surface area contributed by atoms with Crippen LogP contribution in [0.1, 0.15) is 12.5 Å². The van der Waals surface area contributed by atoms with Crippen LogP contribution in [0.5, 0.6) is 0 Å². The third-order valence-electron chi connectivity index (χ3n) is 4.00. The van der Waals surface area contributed by atoms with Crippen LogP contribution < -0.4 is 5.73 Å². The maximum atomic E-state index is 11.5. The first-order valence-corrected chi connectivity index (χ1v) is 7.74. The molecule has 1 unspecified atom stereocenters. The molecule has 6 nitrogen and oxygen atoms in total. The third kappa shape index (κ3) is 3.74. The number of carboxylic acids is 1. The molecule has 2 aromatic heterocycles. The van der Waals surface area contributed by atoms with Gasteiger partial charge >= 0.3 is 5.97 Å². The van der Waals surface area contributed by atoms with Gasteiger partial charge in [-0.2, -0.15) is 0 Å². The van der Waals surface area contributed by atoms with Gasteiger partial charge in [-0.15, -0.1) is 0 Å². The van der Waals surface area contributed by atoms with Crippen molar-refractivity contribution in [3.8, 4) is 22.3 Å². The molecule has 0 aliphatic rings. The third-order valence-corrected chi connectivity index (χ3v) is 4.00. The quantitative estimate of drug-likeness (QED) is 0.723. The zero-order valence-corrected chi connectivity index (χ0v) is 13.4. The van der Waals surface area contributed by atoms with Gasteiger partial charge in [0.25, 0.3) is 0 Å². The van der Waals surface area contributed by atoms with E-state index in [1.165, 1.54) is 0 Å². The Labute approximate surface area is 144 Å². The van der Waals surface area contributed by atoms with E-state index in [9.17, 15) is 9.59 Å². The van der Waals surface area contributed by atoms with Crippen molar-refractivity contribution < 1.29 is 14.7 Å². The van der Waals surface area contributed by atoms with E-state index in [-0.39, 0.29) is 6.42 Å². The maximum absolute atomic E-state index is 11.5. The smallest absolute Gasteiger partial charge is 0.306 e. The van der Waals surface area contributed by atoms with Crippen LogP contribution in [-0.2, 0) is 9.59 Å². The van der Waals surface area contributed by atoms with Gasteiger partial charge in [0.2, 0.25) is 5.91 Å². The molecule has 0 fully saturated rings. The number of carboxylic acid groups (broad SMARTS) is 1. The Bertz CT molecular complexity index is 886. The van der Waals surface area contributed by atoms with Gasteiger partial charge in [0.1, 0.15) is 6.04 Å². The fourth-order valence-electron chi connectivity index (χ4n) is 2.70. The fraction of sp³-hybridized carbons (Fsp3) is 0.105. The molecule has 1 amide bonds. The molecule has 0 saturated heterocycles. The van der Waals surface area contributed by atoms with Crippen molar-refractivity contribution >= 4 is 11.9 Å². The molecule has 0 aliphatic carbocycles. The van der Waals surface area contributed by atoms with Gasteiger partial charge in [0.15, 0.2) is 0 Å². The molecule has 0 bridgehead atoms. The molecule has 0 saturated carbocycles. The molecular formula is C19H17N3O3. The normalized spacial score (nSPS) is 11.8. The number of nitrogens with zero attached hydrogens (tertiary/aromatic N) is 2. The van der Waals surface area contributed by atoms with Crippen molar-refractivity contribution in [2.45, 2.75) is 12.5 Å². The van der Waals surface area contributed by atoms with Crippen LogP contribution in [0.25, 0.3) is 22.3 Å². The van der Waals surface area contributed by atoms with Gasteiger partial charge in [-0.3, -0.25) is 14.6 Å². The lowest BCUT2D eigenvalue weighted by Gasteiger charge is -2.12. The topological polar surface area (TPSA) is 98.2 Å². The van der Waals surface area contributed by atoms with Gasteiger partial charge in [-0.05, 0) is 40.5 Å². The summed E-state index contributed by atoms with van der Waals surface area (Å²) in [6.07, 6.45) is 6.56. The molecule has 3 aromatic rings. The van der Waals surface area contributed by atoms with E-state index in [1.807, 2.05) is 42.5 Å². The van der Waals surface area contributed by atoms with Crippen molar-refractivity contribution in [2.75, 3.05) is 0 Å². The lowest BCUT2D eigenvalue weighted by molar-refractivity contribution is -0.140. The molecule has 25 heavy (non-hydrogen) atoms. The van der Waals surface area contributed by atoms with E-state index in [4.69, 9.17) is 10.8 Å². The van der Waals surface area contributed by atoms with Crippen molar-refractivity contribution in [1.29, 1.82) is 0 Å². The highest BCUT2D eigenvalue weighted by Crippen LogP contribution is 2.26. The van der Waals surface area contributed by atoms with E-state index < -0.39 is 17.9 Å². The molecule has 1 aromatic carbocycles. The number of carbonyl (C=O) groups excluding carboxylic acids is 1. The van der Waals surface area contributed by atoms with Crippen LogP contribution in [0, 0.1) is 0 Å². The Morgan fingerprint density at radius 3 is 2.08 bits per heavy atom. The number of pyridine rings is 1.